The van der Waals surface area contributed by atoms with Gasteiger partial charge in [-0.2, -0.15) is 0 Å². The molecule has 3 nitrogen and oxygen atoms in total. The number of benzene rings is 1. The van der Waals surface area contributed by atoms with E-state index in [9.17, 15) is 9.90 Å². The Balaban J connectivity index is 1.92. The van der Waals surface area contributed by atoms with E-state index >= 15 is 0 Å². The molecule has 3 rings (SSSR count). The number of hydrogen-bond donors (Lipinski definition) is 2. The summed E-state index contributed by atoms with van der Waals surface area (Å²) < 4.78 is 0. The lowest BCUT2D eigenvalue weighted by Crippen LogP contribution is -2.08. The molecule has 0 bridgehead atoms. The quantitative estimate of drug-likeness (QED) is 0.907. The van der Waals surface area contributed by atoms with Crippen molar-refractivity contribution in [1.29, 1.82) is 0 Å². The third-order valence-electron chi connectivity index (χ3n) is 3.61. The first kappa shape index (κ1) is 13.6. The van der Waals surface area contributed by atoms with E-state index in [4.69, 9.17) is 11.6 Å². The predicted molar refractivity (Wildman–Crippen MR) is 81.5 cm³/mol. The van der Waals surface area contributed by atoms with E-state index in [0.717, 1.165) is 16.0 Å². The van der Waals surface area contributed by atoms with Crippen molar-refractivity contribution in [3.05, 3.63) is 50.7 Å². The first-order valence-electron chi connectivity index (χ1n) is 6.41. The summed E-state index contributed by atoms with van der Waals surface area (Å²) in [5, 5.41) is 15.6. The summed E-state index contributed by atoms with van der Waals surface area (Å²) in [5.41, 5.74) is 2.30. The maximum atomic E-state index is 11.7. The normalized spacial score (nSPS) is 18.8. The van der Waals surface area contributed by atoms with Crippen LogP contribution in [0.15, 0.2) is 29.6 Å². The molecule has 1 aliphatic rings. The molecule has 0 saturated carbocycles. The number of hydrogen-bond acceptors (Lipinski definition) is 3. The van der Waals surface area contributed by atoms with Crippen molar-refractivity contribution in [2.24, 2.45) is 0 Å². The third kappa shape index (κ3) is 2.35. The van der Waals surface area contributed by atoms with Gasteiger partial charge in [0, 0.05) is 11.3 Å². The second kappa shape index (κ2) is 5.20. The summed E-state index contributed by atoms with van der Waals surface area (Å²) in [6.45, 7) is 1.84. The number of carbonyl (C=O) groups excluding carboxylic acids is 1. The van der Waals surface area contributed by atoms with Crippen LogP contribution in [-0.2, 0) is 11.2 Å². The molecule has 2 N–H and O–H groups in total. The molecule has 0 radical (unpaired) electrons. The van der Waals surface area contributed by atoms with Crippen molar-refractivity contribution in [1.82, 2.24) is 0 Å². The third-order valence-corrected chi connectivity index (χ3v) is 4.81. The number of thiophene rings is 1. The minimum absolute atomic E-state index is 0.0493. The number of carbonyl (C=O) groups is 1. The summed E-state index contributed by atoms with van der Waals surface area (Å²) in [5.74, 6) is -0.275. The Bertz CT molecular complexity index is 654. The zero-order valence-electron chi connectivity index (χ0n) is 10.9. The molecule has 20 heavy (non-hydrogen) atoms. The molecule has 0 aliphatic carbocycles. The highest BCUT2D eigenvalue weighted by atomic mass is 35.5. The Kier molecular flexibility index (Phi) is 3.54. The van der Waals surface area contributed by atoms with E-state index in [2.05, 4.69) is 5.32 Å². The van der Waals surface area contributed by atoms with Gasteiger partial charge in [-0.1, -0.05) is 23.7 Å². The fraction of sp³-hybridized carbons (Fsp3) is 0.267. The van der Waals surface area contributed by atoms with Crippen molar-refractivity contribution < 1.29 is 9.90 Å². The highest BCUT2D eigenvalue weighted by Crippen LogP contribution is 2.40. The molecule has 104 valence electrons. The molecule has 2 aromatic rings. The second-order valence-electron chi connectivity index (χ2n) is 4.98. The van der Waals surface area contributed by atoms with E-state index in [-0.39, 0.29) is 11.8 Å². The Morgan fingerprint density at radius 2 is 2.30 bits per heavy atom. The van der Waals surface area contributed by atoms with Crippen LogP contribution in [0.25, 0.3) is 0 Å². The molecule has 2 unspecified atom stereocenters. The molecule has 0 spiro atoms. The molecule has 1 aliphatic heterocycles. The summed E-state index contributed by atoms with van der Waals surface area (Å²) >= 11 is 7.83. The molecular weight excluding hydrogens is 294 g/mol. The highest BCUT2D eigenvalue weighted by Gasteiger charge is 2.29. The fourth-order valence-corrected chi connectivity index (χ4v) is 3.45. The van der Waals surface area contributed by atoms with Gasteiger partial charge in [0.25, 0.3) is 0 Å². The lowest BCUT2D eigenvalue weighted by atomic mass is 9.97. The van der Waals surface area contributed by atoms with E-state index in [1.165, 1.54) is 0 Å². The van der Waals surface area contributed by atoms with Crippen molar-refractivity contribution in [3.63, 3.8) is 0 Å². The van der Waals surface area contributed by atoms with Crippen LogP contribution in [0.4, 0.5) is 5.69 Å². The smallest absolute Gasteiger partial charge is 0.231 e. The standard InChI is InChI=1S/C15H14ClNO2S/c1-8-11-5-9(6-12(16)14(11)17-15(8)19)13(18)7-10-3-2-4-20-10/h2-6,8,13,18H,7H2,1H3,(H,17,19). The van der Waals surface area contributed by atoms with Gasteiger partial charge >= 0.3 is 0 Å². The average Bonchev–Trinajstić information content (AvgIpc) is 3.01. The summed E-state index contributed by atoms with van der Waals surface area (Å²) in [6, 6.07) is 7.57. The Morgan fingerprint density at radius 3 is 3.00 bits per heavy atom. The number of amides is 1. The number of aliphatic hydroxyl groups excluding tert-OH is 1. The molecule has 1 aromatic heterocycles. The molecule has 1 aromatic carbocycles. The fourth-order valence-electron chi connectivity index (χ4n) is 2.43. The largest absolute Gasteiger partial charge is 0.388 e. The van der Waals surface area contributed by atoms with Gasteiger partial charge < -0.3 is 10.4 Å². The first-order chi connectivity index (χ1) is 9.56. The molecule has 2 heterocycles. The lowest BCUT2D eigenvalue weighted by Gasteiger charge is -2.13. The molecular formula is C15H14ClNO2S. The summed E-state index contributed by atoms with van der Waals surface area (Å²) in [4.78, 5) is 12.8. The van der Waals surface area contributed by atoms with Crippen molar-refractivity contribution in [3.8, 4) is 0 Å². The number of anilines is 1. The van der Waals surface area contributed by atoms with Gasteiger partial charge in [-0.05, 0) is 35.6 Å². The van der Waals surface area contributed by atoms with Crippen molar-refractivity contribution in [2.45, 2.75) is 25.4 Å². The molecule has 0 fully saturated rings. The van der Waals surface area contributed by atoms with Gasteiger partial charge in [0.15, 0.2) is 0 Å². The number of nitrogens with one attached hydrogen (secondary N) is 1. The second-order valence-corrected chi connectivity index (χ2v) is 6.42. The maximum absolute atomic E-state index is 11.7. The Hall–Kier alpha value is -1.36. The zero-order chi connectivity index (χ0) is 14.3. The van der Waals surface area contributed by atoms with Crippen LogP contribution in [0.3, 0.4) is 0 Å². The van der Waals surface area contributed by atoms with E-state index in [1.807, 2.05) is 30.5 Å². The number of halogens is 1. The molecule has 5 heteroatoms. The number of aliphatic hydroxyl groups is 1. The Morgan fingerprint density at radius 1 is 1.50 bits per heavy atom. The lowest BCUT2D eigenvalue weighted by molar-refractivity contribution is -0.116. The average molecular weight is 308 g/mol. The topological polar surface area (TPSA) is 49.3 Å². The van der Waals surface area contributed by atoms with Crippen LogP contribution in [0, 0.1) is 0 Å². The van der Waals surface area contributed by atoms with E-state index in [0.29, 0.717) is 17.1 Å². The van der Waals surface area contributed by atoms with Crippen LogP contribution in [-0.4, -0.2) is 11.0 Å². The Labute approximate surface area is 126 Å². The minimum Gasteiger partial charge on any atom is -0.388 e. The van der Waals surface area contributed by atoms with Gasteiger partial charge in [-0.25, -0.2) is 0 Å². The number of fused-ring (bicyclic) bond motifs is 1. The minimum atomic E-state index is -0.612. The maximum Gasteiger partial charge on any atom is 0.231 e. The SMILES string of the molecule is CC1C(=O)Nc2c(Cl)cc(C(O)Cc3cccs3)cc21. The summed E-state index contributed by atoms with van der Waals surface area (Å²) in [7, 11) is 0. The van der Waals surface area contributed by atoms with Crippen LogP contribution in [0.1, 0.15) is 34.9 Å². The van der Waals surface area contributed by atoms with Crippen molar-refractivity contribution in [2.75, 3.05) is 5.32 Å². The highest BCUT2D eigenvalue weighted by molar-refractivity contribution is 7.09. The first-order valence-corrected chi connectivity index (χ1v) is 7.66. The van der Waals surface area contributed by atoms with Gasteiger partial charge in [-0.3, -0.25) is 4.79 Å². The van der Waals surface area contributed by atoms with Gasteiger partial charge in [-0.15, -0.1) is 11.3 Å². The van der Waals surface area contributed by atoms with E-state index < -0.39 is 6.10 Å². The van der Waals surface area contributed by atoms with Gasteiger partial charge in [0.05, 0.1) is 22.7 Å². The van der Waals surface area contributed by atoms with E-state index in [1.54, 1.807) is 17.4 Å². The molecule has 0 saturated heterocycles. The van der Waals surface area contributed by atoms with Crippen molar-refractivity contribution >= 4 is 34.5 Å². The monoisotopic (exact) mass is 307 g/mol. The van der Waals surface area contributed by atoms with Gasteiger partial charge in [0.1, 0.15) is 0 Å². The van der Waals surface area contributed by atoms with Crippen LogP contribution in [0.5, 0.6) is 0 Å². The van der Waals surface area contributed by atoms with Crippen LogP contribution in [0.2, 0.25) is 5.02 Å². The molecule has 1 amide bonds. The summed E-state index contributed by atoms with van der Waals surface area (Å²) in [6.07, 6.45) is -0.0536. The zero-order valence-corrected chi connectivity index (χ0v) is 12.5. The predicted octanol–water partition coefficient (Wildman–Crippen LogP) is 3.73. The number of rotatable bonds is 3. The van der Waals surface area contributed by atoms with Crippen LogP contribution < -0.4 is 5.32 Å². The van der Waals surface area contributed by atoms with Crippen LogP contribution >= 0.6 is 22.9 Å². The van der Waals surface area contributed by atoms with Gasteiger partial charge in [0.2, 0.25) is 5.91 Å². The molecule has 2 atom stereocenters.